The van der Waals surface area contributed by atoms with Gasteiger partial charge in [0, 0.05) is 37.8 Å². The van der Waals surface area contributed by atoms with Gasteiger partial charge in [0.15, 0.2) is 0 Å². The number of rotatable bonds is 3. The van der Waals surface area contributed by atoms with Gasteiger partial charge in [-0.1, -0.05) is 66.7 Å². The van der Waals surface area contributed by atoms with Crippen molar-refractivity contribution >= 4 is 5.91 Å². The summed E-state index contributed by atoms with van der Waals surface area (Å²) in [4.78, 5) is 17.6. The number of benzene rings is 3. The maximum Gasteiger partial charge on any atom is 0.253 e. The van der Waals surface area contributed by atoms with E-state index in [9.17, 15) is 4.79 Å². The molecule has 3 heteroatoms. The van der Waals surface area contributed by atoms with E-state index in [4.69, 9.17) is 0 Å². The van der Waals surface area contributed by atoms with E-state index in [1.807, 2.05) is 35.2 Å². The zero-order valence-corrected chi connectivity index (χ0v) is 16.6. The minimum atomic E-state index is 0.157. The van der Waals surface area contributed by atoms with Gasteiger partial charge in [-0.25, -0.2) is 0 Å². The number of likely N-dealkylation sites (tertiary alicyclic amines) is 1. The van der Waals surface area contributed by atoms with Gasteiger partial charge in [0.25, 0.3) is 5.91 Å². The fourth-order valence-electron chi connectivity index (χ4n) is 4.67. The molecule has 1 fully saturated rings. The molecule has 1 amide bonds. The highest BCUT2D eigenvalue weighted by Gasteiger charge is 2.32. The van der Waals surface area contributed by atoms with Crippen molar-refractivity contribution in [2.24, 2.45) is 0 Å². The van der Waals surface area contributed by atoms with Gasteiger partial charge in [0.2, 0.25) is 0 Å². The summed E-state index contributed by atoms with van der Waals surface area (Å²) in [7, 11) is 0. The van der Waals surface area contributed by atoms with Gasteiger partial charge < -0.3 is 4.90 Å². The molecule has 146 valence electrons. The number of carbonyl (C=O) groups excluding carboxylic acids is 1. The van der Waals surface area contributed by atoms with Gasteiger partial charge in [0.05, 0.1) is 0 Å². The number of nitrogens with zero attached hydrogens (tertiary/aromatic N) is 2. The van der Waals surface area contributed by atoms with E-state index in [0.717, 1.165) is 50.1 Å². The van der Waals surface area contributed by atoms with Crippen LogP contribution in [0.15, 0.2) is 78.9 Å². The Kier molecular flexibility index (Phi) is 4.91. The highest BCUT2D eigenvalue weighted by molar-refractivity contribution is 5.95. The van der Waals surface area contributed by atoms with Crippen LogP contribution in [0.3, 0.4) is 0 Å². The van der Waals surface area contributed by atoms with Crippen molar-refractivity contribution in [2.75, 3.05) is 19.6 Å². The van der Waals surface area contributed by atoms with Crippen molar-refractivity contribution in [1.82, 2.24) is 9.80 Å². The fraction of sp³-hybridized carbons (Fsp3) is 0.269. The Morgan fingerprint density at radius 1 is 0.759 bits per heavy atom. The van der Waals surface area contributed by atoms with Crippen LogP contribution in [0.25, 0.3) is 11.1 Å². The summed E-state index contributed by atoms with van der Waals surface area (Å²) in [5.41, 5.74) is 6.04. The quantitative estimate of drug-likeness (QED) is 0.660. The van der Waals surface area contributed by atoms with E-state index >= 15 is 0 Å². The topological polar surface area (TPSA) is 23.6 Å². The predicted octanol–water partition coefficient (Wildman–Crippen LogP) is 4.63. The molecule has 0 unspecified atom stereocenters. The maximum atomic E-state index is 13.0. The van der Waals surface area contributed by atoms with Crippen LogP contribution in [0.1, 0.15) is 27.9 Å². The molecular formula is C26H26N2O. The first kappa shape index (κ1) is 18.1. The molecule has 3 aromatic rings. The Labute approximate surface area is 172 Å². The average molecular weight is 383 g/mol. The van der Waals surface area contributed by atoms with Crippen molar-refractivity contribution in [1.29, 1.82) is 0 Å². The lowest BCUT2D eigenvalue weighted by Crippen LogP contribution is -2.41. The lowest BCUT2D eigenvalue weighted by molar-refractivity contribution is 0.0773. The van der Waals surface area contributed by atoms with Crippen molar-refractivity contribution in [3.05, 3.63) is 95.6 Å². The Hall–Kier alpha value is -2.91. The summed E-state index contributed by atoms with van der Waals surface area (Å²) in [5, 5.41) is 0. The van der Waals surface area contributed by atoms with Crippen LogP contribution in [0.4, 0.5) is 0 Å². The summed E-state index contributed by atoms with van der Waals surface area (Å²) < 4.78 is 0. The summed E-state index contributed by atoms with van der Waals surface area (Å²) in [5.74, 6) is 0.157. The fourth-order valence-corrected chi connectivity index (χ4v) is 4.67. The summed E-state index contributed by atoms with van der Waals surface area (Å²) >= 11 is 0. The lowest BCUT2D eigenvalue weighted by Gasteiger charge is -2.33. The molecule has 0 bridgehead atoms. The van der Waals surface area contributed by atoms with Crippen molar-refractivity contribution in [2.45, 2.75) is 25.4 Å². The summed E-state index contributed by atoms with van der Waals surface area (Å²) in [6.45, 7) is 3.79. The summed E-state index contributed by atoms with van der Waals surface area (Å²) in [6.07, 6.45) is 2.18. The molecule has 29 heavy (non-hydrogen) atoms. The SMILES string of the molecule is O=C(c1ccc(-c2ccccc2)cc1)N1CC[C@@H](N2CCc3ccccc3C2)C1. The maximum absolute atomic E-state index is 13.0. The first-order valence-electron chi connectivity index (χ1n) is 10.5. The highest BCUT2D eigenvalue weighted by atomic mass is 16.2. The lowest BCUT2D eigenvalue weighted by atomic mass is 9.98. The van der Waals surface area contributed by atoms with Crippen LogP contribution in [-0.2, 0) is 13.0 Å². The van der Waals surface area contributed by atoms with E-state index in [1.54, 1.807) is 0 Å². The van der Waals surface area contributed by atoms with E-state index in [0.29, 0.717) is 6.04 Å². The Bertz CT molecular complexity index is 997. The molecule has 0 spiro atoms. The van der Waals surface area contributed by atoms with Gasteiger partial charge in [-0.3, -0.25) is 9.69 Å². The zero-order chi connectivity index (χ0) is 19.6. The molecule has 5 rings (SSSR count). The Morgan fingerprint density at radius 2 is 1.45 bits per heavy atom. The first-order valence-corrected chi connectivity index (χ1v) is 10.5. The third kappa shape index (κ3) is 3.70. The number of amides is 1. The number of carbonyl (C=O) groups is 1. The molecule has 3 nitrogen and oxygen atoms in total. The number of hydrogen-bond acceptors (Lipinski definition) is 2. The smallest absolute Gasteiger partial charge is 0.253 e. The average Bonchev–Trinajstić information content (AvgIpc) is 3.29. The number of fused-ring (bicyclic) bond motifs is 1. The van der Waals surface area contributed by atoms with Crippen LogP contribution in [0, 0.1) is 0 Å². The molecule has 0 aliphatic carbocycles. The van der Waals surface area contributed by atoms with Crippen LogP contribution < -0.4 is 0 Å². The molecule has 3 aromatic carbocycles. The van der Waals surface area contributed by atoms with E-state index < -0.39 is 0 Å². The predicted molar refractivity (Wildman–Crippen MR) is 117 cm³/mol. The first-order chi connectivity index (χ1) is 14.3. The molecule has 0 aromatic heterocycles. The molecule has 0 saturated carbocycles. The minimum Gasteiger partial charge on any atom is -0.337 e. The zero-order valence-electron chi connectivity index (χ0n) is 16.6. The molecule has 1 saturated heterocycles. The van der Waals surface area contributed by atoms with Crippen LogP contribution in [0.2, 0.25) is 0 Å². The third-order valence-corrected chi connectivity index (χ3v) is 6.37. The third-order valence-electron chi connectivity index (χ3n) is 6.37. The largest absolute Gasteiger partial charge is 0.337 e. The molecule has 0 N–H and O–H groups in total. The highest BCUT2D eigenvalue weighted by Crippen LogP contribution is 2.26. The van der Waals surface area contributed by atoms with Gasteiger partial charge in [0.1, 0.15) is 0 Å². The second-order valence-corrected chi connectivity index (χ2v) is 8.13. The van der Waals surface area contributed by atoms with E-state index in [-0.39, 0.29) is 5.91 Å². The minimum absolute atomic E-state index is 0.157. The standard InChI is InChI=1S/C26H26N2O/c29-26(23-12-10-22(11-13-23)20-6-2-1-3-7-20)28-17-15-25(19-28)27-16-14-21-8-4-5-9-24(21)18-27/h1-13,25H,14-19H2/t25-/m1/s1. The van der Waals surface area contributed by atoms with Crippen molar-refractivity contribution in [3.8, 4) is 11.1 Å². The Balaban J connectivity index is 1.24. The molecule has 2 aliphatic heterocycles. The van der Waals surface area contributed by atoms with E-state index in [1.165, 1.54) is 16.7 Å². The second-order valence-electron chi connectivity index (χ2n) is 8.13. The van der Waals surface area contributed by atoms with Gasteiger partial charge in [-0.15, -0.1) is 0 Å². The van der Waals surface area contributed by atoms with Crippen molar-refractivity contribution < 1.29 is 4.79 Å². The molecular weight excluding hydrogens is 356 g/mol. The molecule has 0 radical (unpaired) electrons. The van der Waals surface area contributed by atoms with Crippen LogP contribution in [-0.4, -0.2) is 41.4 Å². The van der Waals surface area contributed by atoms with Crippen LogP contribution >= 0.6 is 0 Å². The van der Waals surface area contributed by atoms with Gasteiger partial charge >= 0.3 is 0 Å². The van der Waals surface area contributed by atoms with Gasteiger partial charge in [-0.2, -0.15) is 0 Å². The van der Waals surface area contributed by atoms with Crippen LogP contribution in [0.5, 0.6) is 0 Å². The second kappa shape index (κ2) is 7.84. The molecule has 2 aliphatic rings. The summed E-state index contributed by atoms with van der Waals surface area (Å²) in [6, 6.07) is 27.6. The number of hydrogen-bond donors (Lipinski definition) is 0. The molecule has 1 atom stereocenters. The van der Waals surface area contributed by atoms with Gasteiger partial charge in [-0.05, 0) is 47.2 Å². The monoisotopic (exact) mass is 382 g/mol. The Morgan fingerprint density at radius 3 is 2.24 bits per heavy atom. The molecule has 2 heterocycles. The van der Waals surface area contributed by atoms with E-state index in [2.05, 4.69) is 53.4 Å². The normalized spacial score (nSPS) is 19.2. The van der Waals surface area contributed by atoms with Crippen molar-refractivity contribution in [3.63, 3.8) is 0 Å².